The van der Waals surface area contributed by atoms with E-state index in [-0.39, 0.29) is 0 Å². The lowest BCUT2D eigenvalue weighted by Gasteiger charge is -2.29. The van der Waals surface area contributed by atoms with Crippen LogP contribution in [0.1, 0.15) is 0 Å². The van der Waals surface area contributed by atoms with Gasteiger partial charge in [-0.1, -0.05) is 291 Å². The summed E-state index contributed by atoms with van der Waals surface area (Å²) in [5.41, 5.74) is 0. The smallest absolute Gasteiger partial charge is 0.172 e. The number of fused-ring (bicyclic) bond motifs is 6. The van der Waals surface area contributed by atoms with Gasteiger partial charge in [-0.25, -0.2) is 0 Å². The quantitative estimate of drug-likeness (QED) is 0.114. The minimum absolute atomic E-state index is 0.547. The first-order valence-electron chi connectivity index (χ1n) is 28.8. The molecule has 0 bridgehead atoms. The van der Waals surface area contributed by atoms with Gasteiger partial charge in [0, 0.05) is 63.7 Å². The molecular formula is C78H54O4P4. The molecule has 15 aromatic rings. The highest BCUT2D eigenvalue weighted by Gasteiger charge is 2.42. The summed E-state index contributed by atoms with van der Waals surface area (Å²) in [6.45, 7) is 0. The first kappa shape index (κ1) is 53.5. The lowest BCUT2D eigenvalue weighted by Crippen LogP contribution is -2.33. The van der Waals surface area contributed by atoms with E-state index in [9.17, 15) is 0 Å². The molecule has 0 aromatic heterocycles. The average molecular weight is 1180 g/mol. The van der Waals surface area contributed by atoms with E-state index in [1.165, 1.54) is 0 Å². The van der Waals surface area contributed by atoms with E-state index in [0.29, 0.717) is 96.0 Å². The van der Waals surface area contributed by atoms with Gasteiger partial charge in [0.15, 0.2) is 28.6 Å². The van der Waals surface area contributed by atoms with Gasteiger partial charge < -0.3 is 18.3 Å². The zero-order valence-corrected chi connectivity index (χ0v) is 50.2. The second-order valence-corrected chi connectivity index (χ2v) is 32.6. The van der Waals surface area contributed by atoms with Crippen LogP contribution in [0.5, 0.6) is 0 Å². The Morgan fingerprint density at radius 2 is 0.314 bits per heavy atom. The molecule has 410 valence electrons. The lowest BCUT2D eigenvalue weighted by atomic mass is 10.1. The number of hydrogen-bond donors (Lipinski definition) is 0. The Balaban J connectivity index is 1.05. The molecule has 15 aromatic carbocycles. The van der Waals surface area contributed by atoms with E-state index in [1.807, 2.05) is 291 Å². The van der Waals surface area contributed by atoms with Gasteiger partial charge in [0.25, 0.3) is 0 Å². The standard InChI is InChI=1S/C78H54O4P4/c79-83(58-31-4-1-5-32-58,70-46-22-28-55-25-10-13-37-61(55)70)73-49-52-76(67-43-19-16-40-64(67)73)86(82,77-53-50-74(65-41-17-20-44-68(65)77)84(80,59-33-6-2-7-34-59)71-47-23-29-56-26-11-14-38-62(56)71)78-54-51-75(66-42-18-21-45-69(66)78)85(81,60-35-8-3-9-36-60)72-48-24-30-57-27-12-15-39-63(57)72/h1-54H. The van der Waals surface area contributed by atoms with E-state index in [0.717, 1.165) is 32.3 Å². The fraction of sp³-hybridized carbons (Fsp3) is 0. The molecule has 0 aliphatic heterocycles. The zero-order valence-electron chi connectivity index (χ0n) is 46.6. The van der Waals surface area contributed by atoms with Crippen molar-refractivity contribution in [2.45, 2.75) is 0 Å². The van der Waals surface area contributed by atoms with Crippen LogP contribution in [0.25, 0.3) is 64.6 Å². The van der Waals surface area contributed by atoms with Gasteiger partial charge in [-0.2, -0.15) is 0 Å². The Kier molecular flexibility index (Phi) is 13.3. The molecule has 0 N–H and O–H groups in total. The molecule has 8 heteroatoms. The summed E-state index contributed by atoms with van der Waals surface area (Å²) in [5, 5.41) is 17.5. The van der Waals surface area contributed by atoms with Crippen molar-refractivity contribution < 1.29 is 18.3 Å². The molecule has 0 spiro atoms. The van der Waals surface area contributed by atoms with Gasteiger partial charge in [0.05, 0.1) is 0 Å². The molecule has 3 atom stereocenters. The summed E-state index contributed by atoms with van der Waals surface area (Å²) in [7, 11) is -15.4. The molecule has 0 amide bonds. The number of benzene rings is 15. The first-order valence-corrected chi connectivity index (χ1v) is 35.7. The van der Waals surface area contributed by atoms with Crippen molar-refractivity contribution in [3.8, 4) is 0 Å². The average Bonchev–Trinajstić information content (AvgIpc) is 0.880. The van der Waals surface area contributed by atoms with Gasteiger partial charge >= 0.3 is 0 Å². The van der Waals surface area contributed by atoms with Crippen LogP contribution in [-0.4, -0.2) is 0 Å². The Bertz CT molecular complexity index is 4850. The van der Waals surface area contributed by atoms with Crippen LogP contribution < -0.4 is 63.7 Å². The van der Waals surface area contributed by atoms with E-state index in [1.54, 1.807) is 0 Å². The Hall–Kier alpha value is -9.22. The Morgan fingerprint density at radius 1 is 0.140 bits per heavy atom. The van der Waals surface area contributed by atoms with Crippen LogP contribution in [0.15, 0.2) is 328 Å². The summed E-state index contributed by atoms with van der Waals surface area (Å²) in [6, 6.07) is 107. The van der Waals surface area contributed by atoms with Crippen LogP contribution in [-0.2, 0) is 18.3 Å². The summed E-state index contributed by atoms with van der Waals surface area (Å²) in [6.07, 6.45) is 0. The molecule has 3 unspecified atom stereocenters. The molecule has 4 nitrogen and oxygen atoms in total. The van der Waals surface area contributed by atoms with Crippen molar-refractivity contribution in [2.24, 2.45) is 0 Å². The molecular weight excluding hydrogens is 1120 g/mol. The second kappa shape index (κ2) is 21.4. The lowest BCUT2D eigenvalue weighted by molar-refractivity contribution is 0.591. The summed E-state index contributed by atoms with van der Waals surface area (Å²) >= 11 is 0. The fourth-order valence-corrected chi connectivity index (χ4v) is 25.9. The molecule has 0 saturated carbocycles. The molecule has 0 aliphatic carbocycles. The molecule has 0 radical (unpaired) electrons. The van der Waals surface area contributed by atoms with Gasteiger partial charge in [-0.3, -0.25) is 0 Å². The second-order valence-electron chi connectivity index (χ2n) is 21.9. The number of rotatable bonds is 12. The van der Waals surface area contributed by atoms with Crippen molar-refractivity contribution in [3.05, 3.63) is 328 Å². The molecule has 0 fully saturated rings. The third-order valence-electron chi connectivity index (χ3n) is 17.3. The van der Waals surface area contributed by atoms with Crippen molar-refractivity contribution in [1.82, 2.24) is 0 Å². The normalized spacial score (nSPS) is 14.6. The third kappa shape index (κ3) is 8.28. The van der Waals surface area contributed by atoms with Gasteiger partial charge in [-0.15, -0.1) is 0 Å². The highest BCUT2D eigenvalue weighted by atomic mass is 31.2. The van der Waals surface area contributed by atoms with E-state index in [2.05, 4.69) is 36.4 Å². The maximum absolute atomic E-state index is 18.7. The summed E-state index contributed by atoms with van der Waals surface area (Å²) in [4.78, 5) is 0. The van der Waals surface area contributed by atoms with Gasteiger partial charge in [-0.05, 0) is 101 Å². The molecule has 86 heavy (non-hydrogen) atoms. The monoisotopic (exact) mass is 1180 g/mol. The molecule has 15 rings (SSSR count). The van der Waals surface area contributed by atoms with Crippen LogP contribution >= 0.6 is 28.6 Å². The predicted octanol–water partition coefficient (Wildman–Crippen LogP) is 15.2. The molecule has 0 heterocycles. The van der Waals surface area contributed by atoms with Gasteiger partial charge in [0.2, 0.25) is 0 Å². The maximum Gasteiger partial charge on any atom is 0.172 e. The SMILES string of the molecule is O=P(c1ccccc1)(c1cccc2ccccc12)c1ccc(P(=O)(c2ccc(P(=O)(c3ccccc3)c3cccc4ccccc34)c3ccccc23)c2ccc(P(=O)(c3ccccc3)c3cccc4ccccc34)c3ccccc23)c2ccccc12. The van der Waals surface area contributed by atoms with Gasteiger partial charge in [0.1, 0.15) is 0 Å². The third-order valence-corrected chi connectivity index (χ3v) is 30.0. The van der Waals surface area contributed by atoms with Crippen LogP contribution in [0.2, 0.25) is 0 Å². The van der Waals surface area contributed by atoms with Crippen LogP contribution in [0, 0.1) is 0 Å². The summed E-state index contributed by atoms with van der Waals surface area (Å²) < 4.78 is 69.9. The minimum Gasteiger partial charge on any atom is -0.309 e. The zero-order chi connectivity index (χ0) is 58.0. The summed E-state index contributed by atoms with van der Waals surface area (Å²) in [5.74, 6) is 0. The van der Waals surface area contributed by atoms with Crippen molar-refractivity contribution in [3.63, 3.8) is 0 Å². The van der Waals surface area contributed by atoms with E-state index < -0.39 is 28.6 Å². The van der Waals surface area contributed by atoms with Crippen molar-refractivity contribution in [1.29, 1.82) is 0 Å². The highest BCUT2D eigenvalue weighted by molar-refractivity contribution is 7.88. The molecule has 0 saturated heterocycles. The van der Waals surface area contributed by atoms with Crippen molar-refractivity contribution >= 4 is 157 Å². The Morgan fingerprint density at radius 3 is 0.558 bits per heavy atom. The van der Waals surface area contributed by atoms with Crippen molar-refractivity contribution in [2.75, 3.05) is 0 Å². The molecule has 0 aliphatic rings. The van der Waals surface area contributed by atoms with E-state index >= 15 is 18.3 Å². The fourth-order valence-electron chi connectivity index (χ4n) is 13.4. The maximum atomic E-state index is 18.7. The predicted molar refractivity (Wildman–Crippen MR) is 369 cm³/mol. The Labute approximate surface area is 499 Å². The topological polar surface area (TPSA) is 68.3 Å². The number of hydrogen-bond acceptors (Lipinski definition) is 4. The van der Waals surface area contributed by atoms with Crippen LogP contribution in [0.3, 0.4) is 0 Å². The minimum atomic E-state index is -4.25. The largest absolute Gasteiger partial charge is 0.309 e. The van der Waals surface area contributed by atoms with Crippen LogP contribution in [0.4, 0.5) is 0 Å². The first-order chi connectivity index (χ1) is 42.2. The highest BCUT2D eigenvalue weighted by Crippen LogP contribution is 2.54. The van der Waals surface area contributed by atoms with E-state index in [4.69, 9.17) is 0 Å².